The number of aromatic nitrogens is 5. The lowest BCUT2D eigenvalue weighted by molar-refractivity contribution is 0.0384. The molecule has 3 aromatic rings. The Bertz CT molecular complexity index is 864. The minimum atomic E-state index is 0.811. The van der Waals surface area contributed by atoms with Crippen molar-refractivity contribution >= 4 is 6.08 Å². The summed E-state index contributed by atoms with van der Waals surface area (Å²) >= 11 is 0. The minimum absolute atomic E-state index is 0.811. The van der Waals surface area contributed by atoms with E-state index in [1.807, 2.05) is 18.6 Å². The Balaban J connectivity index is 1.66. The van der Waals surface area contributed by atoms with Crippen LogP contribution in [0.1, 0.15) is 11.3 Å². The van der Waals surface area contributed by atoms with E-state index in [0.29, 0.717) is 0 Å². The highest BCUT2D eigenvalue weighted by Gasteiger charge is 2.15. The Hall–Kier alpha value is -2.77. The fraction of sp³-hybridized carbons (Fsp3) is 0.316. The zero-order valence-corrected chi connectivity index (χ0v) is 14.6. The quantitative estimate of drug-likeness (QED) is 0.713. The van der Waals surface area contributed by atoms with E-state index in [9.17, 15) is 0 Å². The second-order valence-electron chi connectivity index (χ2n) is 6.32. The number of pyridine rings is 1. The third-order valence-electron chi connectivity index (χ3n) is 4.75. The van der Waals surface area contributed by atoms with E-state index in [0.717, 1.165) is 67.3 Å². The van der Waals surface area contributed by atoms with Gasteiger partial charge in [-0.1, -0.05) is 6.58 Å². The largest absolute Gasteiger partial charge is 0.379 e. The van der Waals surface area contributed by atoms with E-state index in [1.165, 1.54) is 5.56 Å². The average Bonchev–Trinajstić information content (AvgIpc) is 3.38. The molecule has 7 heteroatoms. The number of hydrogen-bond donors (Lipinski definition) is 2. The van der Waals surface area contributed by atoms with Gasteiger partial charge in [-0.2, -0.15) is 10.2 Å². The smallest absolute Gasteiger partial charge is 0.0736 e. The number of rotatable bonds is 6. The average molecular weight is 350 g/mol. The van der Waals surface area contributed by atoms with Gasteiger partial charge in [0.2, 0.25) is 0 Å². The molecule has 4 rings (SSSR count). The van der Waals surface area contributed by atoms with Crippen molar-refractivity contribution in [2.24, 2.45) is 0 Å². The van der Waals surface area contributed by atoms with E-state index in [-0.39, 0.29) is 0 Å². The van der Waals surface area contributed by atoms with Crippen molar-refractivity contribution in [2.45, 2.75) is 6.42 Å². The SMILES string of the molecule is C=Cc1[nH]ncc1-c1cnc(-c2cn[nH]c2)cc1CCN1CCOCC1. The maximum atomic E-state index is 5.45. The van der Waals surface area contributed by atoms with Crippen LogP contribution in [-0.2, 0) is 11.2 Å². The molecule has 4 heterocycles. The lowest BCUT2D eigenvalue weighted by Gasteiger charge is -2.26. The second-order valence-corrected chi connectivity index (χ2v) is 6.32. The van der Waals surface area contributed by atoms with Crippen molar-refractivity contribution < 1.29 is 4.74 Å². The van der Waals surface area contributed by atoms with Gasteiger partial charge in [0.1, 0.15) is 0 Å². The van der Waals surface area contributed by atoms with Gasteiger partial charge in [-0.15, -0.1) is 0 Å². The first-order valence-corrected chi connectivity index (χ1v) is 8.79. The third kappa shape index (κ3) is 3.44. The molecule has 1 saturated heterocycles. The molecule has 0 unspecified atom stereocenters. The maximum Gasteiger partial charge on any atom is 0.0736 e. The zero-order valence-electron chi connectivity index (χ0n) is 14.6. The van der Waals surface area contributed by atoms with Gasteiger partial charge in [0.15, 0.2) is 0 Å². The van der Waals surface area contributed by atoms with Gasteiger partial charge in [-0.05, 0) is 24.1 Å². The van der Waals surface area contributed by atoms with E-state index in [4.69, 9.17) is 4.74 Å². The summed E-state index contributed by atoms with van der Waals surface area (Å²) in [5.74, 6) is 0. The summed E-state index contributed by atoms with van der Waals surface area (Å²) in [6.45, 7) is 8.46. The Morgan fingerprint density at radius 1 is 1.15 bits per heavy atom. The maximum absolute atomic E-state index is 5.45. The normalized spacial score (nSPS) is 15.2. The second kappa shape index (κ2) is 7.63. The predicted molar refractivity (Wildman–Crippen MR) is 100 cm³/mol. The number of ether oxygens (including phenoxy) is 1. The molecule has 0 aliphatic carbocycles. The Morgan fingerprint density at radius 3 is 2.81 bits per heavy atom. The number of H-pyrrole nitrogens is 2. The van der Waals surface area contributed by atoms with Gasteiger partial charge >= 0.3 is 0 Å². The van der Waals surface area contributed by atoms with Crippen LogP contribution >= 0.6 is 0 Å². The predicted octanol–water partition coefficient (Wildman–Crippen LogP) is 2.38. The molecule has 0 atom stereocenters. The van der Waals surface area contributed by atoms with Gasteiger partial charge in [0.05, 0.1) is 37.0 Å². The first-order chi connectivity index (χ1) is 12.8. The molecule has 7 nitrogen and oxygen atoms in total. The van der Waals surface area contributed by atoms with Crippen LogP contribution in [0.3, 0.4) is 0 Å². The third-order valence-corrected chi connectivity index (χ3v) is 4.75. The molecule has 3 aromatic heterocycles. The molecule has 0 amide bonds. The standard InChI is InChI=1S/C19H22N6O/c1-2-18-17(13-23-24-18)16-12-20-19(15-10-21-22-11-15)9-14(16)3-4-25-5-7-26-8-6-25/h2,9-13H,1,3-8H2,(H,21,22)(H,23,24). The molecule has 1 aliphatic rings. The van der Waals surface area contributed by atoms with Crippen LogP contribution in [0.4, 0.5) is 0 Å². The number of nitrogens with zero attached hydrogens (tertiary/aromatic N) is 4. The molecular weight excluding hydrogens is 328 g/mol. The summed E-state index contributed by atoms with van der Waals surface area (Å²) in [6.07, 6.45) is 10.1. The molecule has 0 spiro atoms. The molecular formula is C19H22N6O. The van der Waals surface area contributed by atoms with Gasteiger partial charge in [-0.3, -0.25) is 20.1 Å². The lowest BCUT2D eigenvalue weighted by Crippen LogP contribution is -2.37. The van der Waals surface area contributed by atoms with E-state index in [1.54, 1.807) is 12.3 Å². The van der Waals surface area contributed by atoms with Crippen LogP contribution in [0.15, 0.2) is 37.4 Å². The minimum Gasteiger partial charge on any atom is -0.379 e. The van der Waals surface area contributed by atoms with Crippen molar-refractivity contribution in [3.63, 3.8) is 0 Å². The van der Waals surface area contributed by atoms with Crippen LogP contribution < -0.4 is 0 Å². The molecule has 0 radical (unpaired) electrons. The molecule has 0 saturated carbocycles. The topological polar surface area (TPSA) is 82.7 Å². The Kier molecular flexibility index (Phi) is 4.90. The van der Waals surface area contributed by atoms with Crippen molar-refractivity contribution in [1.29, 1.82) is 0 Å². The first kappa shape index (κ1) is 16.7. The van der Waals surface area contributed by atoms with E-state index >= 15 is 0 Å². The molecule has 1 fully saturated rings. The fourth-order valence-corrected chi connectivity index (χ4v) is 3.26. The highest BCUT2D eigenvalue weighted by molar-refractivity contribution is 5.75. The van der Waals surface area contributed by atoms with Crippen LogP contribution in [0.25, 0.3) is 28.5 Å². The zero-order chi connectivity index (χ0) is 17.8. The summed E-state index contributed by atoms with van der Waals surface area (Å²) in [6, 6.07) is 2.15. The summed E-state index contributed by atoms with van der Waals surface area (Å²) in [5.41, 5.74) is 6.18. The van der Waals surface area contributed by atoms with Gasteiger partial charge in [0.25, 0.3) is 0 Å². The van der Waals surface area contributed by atoms with Crippen molar-refractivity contribution in [1.82, 2.24) is 30.3 Å². The fourth-order valence-electron chi connectivity index (χ4n) is 3.26. The van der Waals surface area contributed by atoms with Crippen LogP contribution in [-0.4, -0.2) is 63.1 Å². The monoisotopic (exact) mass is 350 g/mol. The van der Waals surface area contributed by atoms with Crippen molar-refractivity contribution in [3.8, 4) is 22.4 Å². The van der Waals surface area contributed by atoms with E-state index < -0.39 is 0 Å². The Labute approximate surface area is 152 Å². The molecule has 0 aromatic carbocycles. The molecule has 0 bridgehead atoms. The van der Waals surface area contributed by atoms with Crippen LogP contribution in [0, 0.1) is 0 Å². The Morgan fingerprint density at radius 2 is 2.04 bits per heavy atom. The number of morpholine rings is 1. The highest BCUT2D eigenvalue weighted by atomic mass is 16.5. The molecule has 134 valence electrons. The van der Waals surface area contributed by atoms with Gasteiger partial charge in [-0.25, -0.2) is 0 Å². The molecule has 1 aliphatic heterocycles. The highest BCUT2D eigenvalue weighted by Crippen LogP contribution is 2.29. The summed E-state index contributed by atoms with van der Waals surface area (Å²) < 4.78 is 5.45. The first-order valence-electron chi connectivity index (χ1n) is 8.79. The van der Waals surface area contributed by atoms with Crippen LogP contribution in [0.5, 0.6) is 0 Å². The van der Waals surface area contributed by atoms with Gasteiger partial charge in [0, 0.05) is 48.7 Å². The number of hydrogen-bond acceptors (Lipinski definition) is 5. The van der Waals surface area contributed by atoms with Crippen LogP contribution in [0.2, 0.25) is 0 Å². The number of nitrogens with one attached hydrogen (secondary N) is 2. The number of aromatic amines is 2. The van der Waals surface area contributed by atoms with Crippen molar-refractivity contribution in [2.75, 3.05) is 32.8 Å². The molecule has 26 heavy (non-hydrogen) atoms. The lowest BCUT2D eigenvalue weighted by atomic mass is 9.98. The summed E-state index contributed by atoms with van der Waals surface area (Å²) in [5, 5.41) is 14.0. The molecule has 2 N–H and O–H groups in total. The van der Waals surface area contributed by atoms with Gasteiger partial charge < -0.3 is 4.74 Å². The van der Waals surface area contributed by atoms with Crippen molar-refractivity contribution in [3.05, 3.63) is 48.7 Å². The van der Waals surface area contributed by atoms with E-state index in [2.05, 4.69) is 42.9 Å². The summed E-state index contributed by atoms with van der Waals surface area (Å²) in [4.78, 5) is 7.08. The summed E-state index contributed by atoms with van der Waals surface area (Å²) in [7, 11) is 0.